The number of ether oxygens (including phenoxy) is 2. The third kappa shape index (κ3) is 7.30. The fraction of sp³-hybridized carbons (Fsp3) is 0.791. The van der Waals surface area contributed by atoms with Crippen molar-refractivity contribution in [2.45, 2.75) is 140 Å². The standard InChI is InChI=1S/C43H66N4O6/c1-4-45-36-21-30-13-7-6-12-29(30)20-31(36)26-52-40(51)43-39(50)35-15-9-8-14-34(35)38(49)42(43,53-43)24-32(25-48)28(2)23-41(17-10-5-11-18-41)33-16-19-46-37(22-33)47-27-44-3/h7,13,21,29,31,33-37,44-48H,4-6,8-12,14-20,22-27H2,1-3H3. The molecule has 294 valence electrons. The van der Waals surface area contributed by atoms with Gasteiger partial charge in [0.2, 0.25) is 0 Å². The van der Waals surface area contributed by atoms with Crippen molar-refractivity contribution in [3.05, 3.63) is 34.9 Å². The number of carbonyl (C=O) groups excluding carboxylic acids is 3. The summed E-state index contributed by atoms with van der Waals surface area (Å²) in [5.41, 5.74) is -0.265. The molecule has 0 aromatic carbocycles. The topological polar surface area (TPSA) is 141 Å². The lowest BCUT2D eigenvalue weighted by atomic mass is 9.59. The van der Waals surface area contributed by atoms with Crippen LogP contribution in [0.25, 0.3) is 0 Å². The van der Waals surface area contributed by atoms with Crippen molar-refractivity contribution >= 4 is 17.5 Å². The second-order valence-electron chi connectivity index (χ2n) is 17.6. The first-order valence-corrected chi connectivity index (χ1v) is 21.2. The van der Waals surface area contributed by atoms with Gasteiger partial charge in [-0.2, -0.15) is 0 Å². The summed E-state index contributed by atoms with van der Waals surface area (Å²) >= 11 is 0. The van der Waals surface area contributed by atoms with Crippen molar-refractivity contribution in [3.63, 3.8) is 0 Å². The van der Waals surface area contributed by atoms with Gasteiger partial charge in [-0.1, -0.05) is 62.8 Å². The highest BCUT2D eigenvalue weighted by atomic mass is 16.7. The molecule has 9 unspecified atom stereocenters. The Kier molecular flexibility index (Phi) is 12.1. The highest BCUT2D eigenvalue weighted by Gasteiger charge is 2.87. The van der Waals surface area contributed by atoms with Gasteiger partial charge in [0.1, 0.15) is 0 Å². The Morgan fingerprint density at radius 3 is 2.51 bits per heavy atom. The smallest absolute Gasteiger partial charge is 0.350 e. The number of rotatable bonds is 14. The number of likely N-dealkylation sites (N-methyl/N-ethyl adjacent to an activating group) is 1. The fourth-order valence-electron chi connectivity index (χ4n) is 11.8. The number of fused-ring (bicyclic) bond motifs is 3. The van der Waals surface area contributed by atoms with E-state index in [1.54, 1.807) is 0 Å². The van der Waals surface area contributed by atoms with Gasteiger partial charge in [0.15, 0.2) is 17.2 Å². The maximum atomic E-state index is 14.6. The van der Waals surface area contributed by atoms with Crippen LogP contribution in [0.4, 0.5) is 0 Å². The molecule has 5 fully saturated rings. The molecule has 2 heterocycles. The van der Waals surface area contributed by atoms with Crippen LogP contribution in [0.1, 0.15) is 117 Å². The van der Waals surface area contributed by atoms with Gasteiger partial charge in [-0.25, -0.2) is 4.79 Å². The Balaban J connectivity index is 1.14. The van der Waals surface area contributed by atoms with Gasteiger partial charge < -0.3 is 30.5 Å². The molecule has 9 atom stereocenters. The number of aliphatic hydroxyl groups excluding tert-OH is 1. The molecule has 7 aliphatic rings. The molecule has 0 radical (unpaired) electrons. The van der Waals surface area contributed by atoms with Crippen molar-refractivity contribution in [1.82, 2.24) is 21.3 Å². The Morgan fingerprint density at radius 1 is 1.00 bits per heavy atom. The lowest BCUT2D eigenvalue weighted by Crippen LogP contribution is -2.58. The van der Waals surface area contributed by atoms with E-state index in [0.717, 1.165) is 95.1 Å². The van der Waals surface area contributed by atoms with Crippen LogP contribution >= 0.6 is 0 Å². The SMILES string of the molecule is CCNC1C=C2C=CCCC2CC1COC(=O)C12OC1(CC(CO)=C(C)CC1(C3CCNC(NCNC)C3)CCCCC1)C(=O)C1CCCCC1C2=O. The van der Waals surface area contributed by atoms with E-state index in [1.165, 1.54) is 24.8 Å². The number of epoxide rings is 1. The number of piperidine rings is 1. The molecule has 0 aromatic heterocycles. The van der Waals surface area contributed by atoms with E-state index in [-0.39, 0.29) is 54.7 Å². The summed E-state index contributed by atoms with van der Waals surface area (Å²) in [7, 11) is 1.95. The van der Waals surface area contributed by atoms with Gasteiger partial charge in [0.05, 0.1) is 19.4 Å². The number of ketones is 2. The van der Waals surface area contributed by atoms with Gasteiger partial charge >= 0.3 is 5.97 Å². The van der Waals surface area contributed by atoms with Crippen LogP contribution in [0.2, 0.25) is 0 Å². The monoisotopic (exact) mass is 734 g/mol. The Morgan fingerprint density at radius 2 is 1.77 bits per heavy atom. The zero-order valence-electron chi connectivity index (χ0n) is 32.6. The molecule has 5 aliphatic carbocycles. The summed E-state index contributed by atoms with van der Waals surface area (Å²) in [6.45, 7) is 6.63. The van der Waals surface area contributed by atoms with Crippen LogP contribution in [0.3, 0.4) is 0 Å². The minimum absolute atomic E-state index is 0.0589. The average Bonchev–Trinajstić information content (AvgIpc) is 3.89. The zero-order valence-corrected chi connectivity index (χ0v) is 32.6. The number of hydrogen-bond donors (Lipinski definition) is 5. The van der Waals surface area contributed by atoms with Crippen LogP contribution in [-0.4, -0.2) is 86.1 Å². The van der Waals surface area contributed by atoms with Crippen LogP contribution in [0.5, 0.6) is 0 Å². The molecule has 53 heavy (non-hydrogen) atoms. The lowest BCUT2D eigenvalue weighted by molar-refractivity contribution is -0.160. The van der Waals surface area contributed by atoms with Crippen molar-refractivity contribution in [3.8, 4) is 0 Å². The number of nitrogens with one attached hydrogen (secondary N) is 4. The number of allylic oxidation sites excluding steroid dienone is 4. The molecule has 5 N–H and O–H groups in total. The van der Waals surface area contributed by atoms with Crippen molar-refractivity contribution in [2.75, 3.05) is 40.0 Å². The maximum absolute atomic E-state index is 14.6. The molecule has 3 saturated carbocycles. The fourth-order valence-corrected chi connectivity index (χ4v) is 11.8. The first-order chi connectivity index (χ1) is 25.7. The number of carbonyl (C=O) groups is 3. The van der Waals surface area contributed by atoms with Crippen LogP contribution in [-0.2, 0) is 23.9 Å². The third-order valence-corrected chi connectivity index (χ3v) is 14.6. The molecule has 0 spiro atoms. The molecule has 0 amide bonds. The predicted molar refractivity (Wildman–Crippen MR) is 205 cm³/mol. The van der Waals surface area contributed by atoms with Gasteiger partial charge in [-0.05, 0) is 120 Å². The molecule has 2 saturated heterocycles. The van der Waals surface area contributed by atoms with Gasteiger partial charge in [-0.3, -0.25) is 14.9 Å². The summed E-state index contributed by atoms with van der Waals surface area (Å²) in [5, 5.41) is 25.0. The van der Waals surface area contributed by atoms with Crippen molar-refractivity contribution < 1.29 is 29.0 Å². The second kappa shape index (κ2) is 16.5. The van der Waals surface area contributed by atoms with Crippen LogP contribution in [0.15, 0.2) is 34.9 Å². The summed E-state index contributed by atoms with van der Waals surface area (Å²) in [6.07, 6.45) is 22.0. The minimum atomic E-state index is -1.93. The molecule has 0 bridgehead atoms. The summed E-state index contributed by atoms with van der Waals surface area (Å²) in [5.74, 6) is -1.05. The molecule has 7 rings (SSSR count). The summed E-state index contributed by atoms with van der Waals surface area (Å²) < 4.78 is 12.6. The molecule has 2 aliphatic heterocycles. The zero-order chi connectivity index (χ0) is 37.2. The predicted octanol–water partition coefficient (Wildman–Crippen LogP) is 5.02. The van der Waals surface area contributed by atoms with Crippen LogP contribution in [0, 0.1) is 35.0 Å². The van der Waals surface area contributed by atoms with E-state index in [2.05, 4.69) is 53.3 Å². The number of aliphatic hydroxyl groups is 1. The highest BCUT2D eigenvalue weighted by molar-refractivity contribution is 6.23. The van der Waals surface area contributed by atoms with Gasteiger partial charge in [-0.15, -0.1) is 0 Å². The molecule has 10 nitrogen and oxygen atoms in total. The van der Waals surface area contributed by atoms with E-state index < -0.39 is 29.0 Å². The highest BCUT2D eigenvalue weighted by Crippen LogP contribution is 2.62. The number of esters is 1. The van der Waals surface area contributed by atoms with Crippen molar-refractivity contribution in [2.24, 2.45) is 35.0 Å². The number of hydrogen-bond acceptors (Lipinski definition) is 10. The van der Waals surface area contributed by atoms with E-state index >= 15 is 0 Å². The quantitative estimate of drug-likeness (QED) is 0.0544. The normalized spacial score (nSPS) is 38.2. The molecular weight excluding hydrogens is 668 g/mol. The van der Waals surface area contributed by atoms with Crippen LogP contribution < -0.4 is 21.3 Å². The van der Waals surface area contributed by atoms with E-state index in [4.69, 9.17) is 9.47 Å². The maximum Gasteiger partial charge on any atom is 0.350 e. The van der Waals surface area contributed by atoms with Gasteiger partial charge in [0, 0.05) is 36.9 Å². The van der Waals surface area contributed by atoms with E-state index in [0.29, 0.717) is 24.7 Å². The summed E-state index contributed by atoms with van der Waals surface area (Å²) in [4.78, 5) is 43.6. The van der Waals surface area contributed by atoms with E-state index in [1.807, 2.05) is 7.05 Å². The average molecular weight is 735 g/mol. The molecule has 0 aromatic rings. The Hall–Kier alpha value is -2.21. The lowest BCUT2D eigenvalue weighted by Gasteiger charge is -2.48. The Bertz CT molecular complexity index is 1470. The first kappa shape index (κ1) is 39.0. The third-order valence-electron chi connectivity index (χ3n) is 14.6. The number of Topliss-reactive ketones (excluding diaryl/α,β-unsaturated/α-hetero) is 2. The van der Waals surface area contributed by atoms with E-state index in [9.17, 15) is 19.5 Å². The largest absolute Gasteiger partial charge is 0.463 e. The van der Waals surface area contributed by atoms with Crippen molar-refractivity contribution in [1.29, 1.82) is 0 Å². The first-order valence-electron chi connectivity index (χ1n) is 21.2. The molecular formula is C43H66N4O6. The Labute approximate surface area is 317 Å². The second-order valence-corrected chi connectivity index (χ2v) is 17.6. The molecule has 10 heteroatoms. The minimum Gasteiger partial charge on any atom is -0.463 e. The van der Waals surface area contributed by atoms with Gasteiger partial charge in [0.25, 0.3) is 5.60 Å². The summed E-state index contributed by atoms with van der Waals surface area (Å²) in [6, 6.07) is 0.0589.